The molecule has 0 atom stereocenters. The highest BCUT2D eigenvalue weighted by molar-refractivity contribution is 5.91. The molecule has 3 N–H and O–H groups in total. The van der Waals surface area contributed by atoms with Crippen LogP contribution in [0.1, 0.15) is 16.7 Å². The van der Waals surface area contributed by atoms with Crippen LogP contribution in [0.2, 0.25) is 0 Å². The van der Waals surface area contributed by atoms with E-state index in [-0.39, 0.29) is 5.91 Å². The molecule has 102 valence electrons. The second-order valence-electron chi connectivity index (χ2n) is 4.71. The van der Waals surface area contributed by atoms with Crippen LogP contribution in [0.5, 0.6) is 0 Å². The van der Waals surface area contributed by atoms with Crippen LogP contribution in [0.3, 0.4) is 0 Å². The van der Waals surface area contributed by atoms with Crippen LogP contribution in [-0.4, -0.2) is 5.91 Å². The maximum Gasteiger partial charge on any atom is 0.244 e. The molecule has 0 radical (unpaired) electrons. The molecule has 0 aliphatic carbocycles. The predicted molar refractivity (Wildman–Crippen MR) is 82.9 cm³/mol. The van der Waals surface area contributed by atoms with Crippen LogP contribution >= 0.6 is 0 Å². The van der Waals surface area contributed by atoms with Gasteiger partial charge in [-0.15, -0.1) is 0 Å². The summed E-state index contributed by atoms with van der Waals surface area (Å²) in [7, 11) is 0. The number of carbonyl (C=O) groups is 1. The number of rotatable bonds is 4. The Morgan fingerprint density at radius 2 is 1.95 bits per heavy atom. The maximum atomic E-state index is 11.7. The Balaban J connectivity index is 1.88. The molecule has 0 aromatic heterocycles. The van der Waals surface area contributed by atoms with E-state index in [1.807, 2.05) is 55.5 Å². The van der Waals surface area contributed by atoms with Crippen molar-refractivity contribution in [1.29, 1.82) is 0 Å². The van der Waals surface area contributed by atoms with Crippen LogP contribution < -0.4 is 11.1 Å². The Bertz CT molecular complexity index is 615. The molecule has 0 saturated carbocycles. The van der Waals surface area contributed by atoms with Crippen molar-refractivity contribution in [2.24, 2.45) is 0 Å². The van der Waals surface area contributed by atoms with E-state index in [2.05, 4.69) is 5.32 Å². The van der Waals surface area contributed by atoms with Gasteiger partial charge in [-0.25, -0.2) is 0 Å². The number of carbonyl (C=O) groups excluding carboxylic acids is 1. The zero-order valence-electron chi connectivity index (χ0n) is 11.5. The van der Waals surface area contributed by atoms with Crippen LogP contribution in [0.25, 0.3) is 6.08 Å². The number of amides is 1. The quantitative estimate of drug-likeness (QED) is 0.660. The molecule has 3 heteroatoms. The summed E-state index contributed by atoms with van der Waals surface area (Å²) in [5.74, 6) is -0.118. The molecular weight excluding hydrogens is 248 g/mol. The van der Waals surface area contributed by atoms with E-state index in [0.717, 1.165) is 11.1 Å². The first-order valence-corrected chi connectivity index (χ1v) is 6.50. The van der Waals surface area contributed by atoms with Gasteiger partial charge in [0.05, 0.1) is 0 Å². The predicted octanol–water partition coefficient (Wildman–Crippen LogP) is 2.91. The molecule has 20 heavy (non-hydrogen) atoms. The van der Waals surface area contributed by atoms with Crippen molar-refractivity contribution in [2.45, 2.75) is 13.5 Å². The van der Waals surface area contributed by atoms with Gasteiger partial charge in [-0.1, -0.05) is 42.0 Å². The largest absolute Gasteiger partial charge is 0.399 e. The summed E-state index contributed by atoms with van der Waals surface area (Å²) in [5, 5.41) is 2.85. The standard InChI is InChI=1S/C17H18N2O/c1-13-5-7-15(8-6-13)12-19-17(20)10-9-14-3-2-4-16(18)11-14/h2-11H,12,18H2,1H3,(H,19,20)/b10-9+. The minimum Gasteiger partial charge on any atom is -0.399 e. The lowest BCUT2D eigenvalue weighted by atomic mass is 10.1. The topological polar surface area (TPSA) is 55.1 Å². The Morgan fingerprint density at radius 1 is 1.20 bits per heavy atom. The number of benzene rings is 2. The average molecular weight is 266 g/mol. The Hall–Kier alpha value is -2.55. The second kappa shape index (κ2) is 6.57. The summed E-state index contributed by atoms with van der Waals surface area (Å²) in [4.78, 5) is 11.7. The summed E-state index contributed by atoms with van der Waals surface area (Å²) < 4.78 is 0. The number of hydrogen-bond acceptors (Lipinski definition) is 2. The highest BCUT2D eigenvalue weighted by atomic mass is 16.1. The summed E-state index contributed by atoms with van der Waals surface area (Å²) >= 11 is 0. The first-order chi connectivity index (χ1) is 9.63. The lowest BCUT2D eigenvalue weighted by molar-refractivity contribution is -0.116. The summed E-state index contributed by atoms with van der Waals surface area (Å²) in [6.07, 6.45) is 3.27. The van der Waals surface area contributed by atoms with Crippen molar-refractivity contribution in [3.8, 4) is 0 Å². The third kappa shape index (κ3) is 4.28. The Morgan fingerprint density at radius 3 is 2.65 bits per heavy atom. The summed E-state index contributed by atoms with van der Waals surface area (Å²) in [5.41, 5.74) is 9.57. The number of nitrogens with two attached hydrogens (primary N) is 1. The molecule has 1 amide bonds. The van der Waals surface area contributed by atoms with Gasteiger partial charge in [-0.3, -0.25) is 4.79 Å². The highest BCUT2D eigenvalue weighted by Gasteiger charge is 1.97. The van der Waals surface area contributed by atoms with Gasteiger partial charge in [0.2, 0.25) is 5.91 Å². The number of nitrogens with one attached hydrogen (secondary N) is 1. The minimum absolute atomic E-state index is 0.118. The third-order valence-electron chi connectivity index (χ3n) is 2.93. The smallest absolute Gasteiger partial charge is 0.244 e. The normalized spacial score (nSPS) is 10.7. The maximum absolute atomic E-state index is 11.7. The van der Waals surface area contributed by atoms with Gasteiger partial charge in [0.1, 0.15) is 0 Å². The van der Waals surface area contributed by atoms with E-state index >= 15 is 0 Å². The van der Waals surface area contributed by atoms with Crippen molar-refractivity contribution >= 4 is 17.7 Å². The zero-order valence-corrected chi connectivity index (χ0v) is 11.5. The fourth-order valence-electron chi connectivity index (χ4n) is 1.79. The number of anilines is 1. The van der Waals surface area contributed by atoms with E-state index in [1.165, 1.54) is 11.6 Å². The molecule has 0 aliphatic heterocycles. The molecule has 2 rings (SSSR count). The fraction of sp³-hybridized carbons (Fsp3) is 0.118. The van der Waals surface area contributed by atoms with Gasteiger partial charge in [-0.05, 0) is 36.3 Å². The van der Waals surface area contributed by atoms with E-state index in [0.29, 0.717) is 12.2 Å². The summed E-state index contributed by atoms with van der Waals surface area (Å²) in [6, 6.07) is 15.5. The SMILES string of the molecule is Cc1ccc(CNC(=O)/C=C/c2cccc(N)c2)cc1. The Kier molecular flexibility index (Phi) is 4.56. The van der Waals surface area contributed by atoms with E-state index < -0.39 is 0 Å². The van der Waals surface area contributed by atoms with Gasteiger partial charge in [0.15, 0.2) is 0 Å². The van der Waals surface area contributed by atoms with Crippen molar-refractivity contribution in [3.63, 3.8) is 0 Å². The molecule has 0 spiro atoms. The molecule has 0 heterocycles. The fourth-order valence-corrected chi connectivity index (χ4v) is 1.79. The number of nitrogen functional groups attached to an aromatic ring is 1. The van der Waals surface area contributed by atoms with Gasteiger partial charge in [0.25, 0.3) is 0 Å². The Labute approximate surface area is 119 Å². The molecule has 0 unspecified atom stereocenters. The molecule has 2 aromatic rings. The molecule has 2 aromatic carbocycles. The van der Waals surface area contributed by atoms with Crippen molar-refractivity contribution in [2.75, 3.05) is 5.73 Å². The van der Waals surface area contributed by atoms with Gasteiger partial charge in [-0.2, -0.15) is 0 Å². The lowest BCUT2D eigenvalue weighted by Gasteiger charge is -2.03. The molecule has 0 fully saturated rings. The highest BCUT2D eigenvalue weighted by Crippen LogP contribution is 2.08. The minimum atomic E-state index is -0.118. The van der Waals surface area contributed by atoms with Crippen LogP contribution in [0, 0.1) is 6.92 Å². The van der Waals surface area contributed by atoms with Gasteiger partial charge >= 0.3 is 0 Å². The zero-order chi connectivity index (χ0) is 14.4. The molecule has 0 bridgehead atoms. The van der Waals surface area contributed by atoms with Gasteiger partial charge < -0.3 is 11.1 Å². The number of aryl methyl sites for hydroxylation is 1. The van der Waals surface area contributed by atoms with Crippen LogP contribution in [0.4, 0.5) is 5.69 Å². The molecule has 0 aliphatic rings. The van der Waals surface area contributed by atoms with E-state index in [1.54, 1.807) is 6.08 Å². The number of hydrogen-bond donors (Lipinski definition) is 2. The summed E-state index contributed by atoms with van der Waals surface area (Å²) in [6.45, 7) is 2.57. The molecular formula is C17H18N2O. The van der Waals surface area contributed by atoms with Gasteiger partial charge in [0, 0.05) is 18.3 Å². The van der Waals surface area contributed by atoms with E-state index in [9.17, 15) is 4.79 Å². The van der Waals surface area contributed by atoms with Crippen molar-refractivity contribution < 1.29 is 4.79 Å². The molecule has 3 nitrogen and oxygen atoms in total. The average Bonchev–Trinajstić information content (AvgIpc) is 2.45. The third-order valence-corrected chi connectivity index (χ3v) is 2.93. The first kappa shape index (κ1) is 13.9. The van der Waals surface area contributed by atoms with Crippen molar-refractivity contribution in [3.05, 3.63) is 71.3 Å². The lowest BCUT2D eigenvalue weighted by Crippen LogP contribution is -2.20. The second-order valence-corrected chi connectivity index (χ2v) is 4.71. The molecule has 0 saturated heterocycles. The monoisotopic (exact) mass is 266 g/mol. The van der Waals surface area contributed by atoms with E-state index in [4.69, 9.17) is 5.73 Å². The van der Waals surface area contributed by atoms with Crippen molar-refractivity contribution in [1.82, 2.24) is 5.32 Å². The van der Waals surface area contributed by atoms with Crippen LogP contribution in [0.15, 0.2) is 54.6 Å². The van der Waals surface area contributed by atoms with Crippen LogP contribution in [-0.2, 0) is 11.3 Å². The first-order valence-electron chi connectivity index (χ1n) is 6.50.